The number of hydrogen-bond donors (Lipinski definition) is 2. The molecule has 1 fully saturated rings. The van der Waals surface area contributed by atoms with Crippen LogP contribution in [0.25, 0.3) is 0 Å². The Labute approximate surface area is 149 Å². The van der Waals surface area contributed by atoms with E-state index >= 15 is 0 Å². The maximum Gasteiger partial charge on any atom is 0.126 e. The van der Waals surface area contributed by atoms with Crippen LogP contribution < -0.4 is 10.6 Å². The van der Waals surface area contributed by atoms with E-state index in [-0.39, 0.29) is 12.1 Å². The molecule has 0 bridgehead atoms. The molecule has 2 aromatic carbocycles. The van der Waals surface area contributed by atoms with Gasteiger partial charge in [0.05, 0.1) is 6.04 Å². The van der Waals surface area contributed by atoms with Gasteiger partial charge in [-0.2, -0.15) is 0 Å². The largest absolute Gasteiger partial charge is 0.508 e. The van der Waals surface area contributed by atoms with E-state index in [1.165, 1.54) is 5.56 Å². The second kappa shape index (κ2) is 6.70. The van der Waals surface area contributed by atoms with Gasteiger partial charge < -0.3 is 9.84 Å². The van der Waals surface area contributed by atoms with Gasteiger partial charge in [-0.25, -0.2) is 5.01 Å². The van der Waals surface area contributed by atoms with Crippen molar-refractivity contribution in [2.24, 2.45) is 11.8 Å². The summed E-state index contributed by atoms with van der Waals surface area (Å²) < 4.78 is 6.05. The van der Waals surface area contributed by atoms with Crippen molar-refractivity contribution in [1.29, 1.82) is 0 Å². The van der Waals surface area contributed by atoms with Gasteiger partial charge in [-0.1, -0.05) is 30.3 Å². The first-order valence-electron chi connectivity index (χ1n) is 9.19. The fraction of sp³-hybridized carbons (Fsp3) is 0.429. The monoisotopic (exact) mass is 338 g/mol. The zero-order valence-electron chi connectivity index (χ0n) is 14.7. The number of hydrogen-bond acceptors (Lipinski definition) is 4. The van der Waals surface area contributed by atoms with E-state index in [1.54, 1.807) is 0 Å². The van der Waals surface area contributed by atoms with Crippen molar-refractivity contribution in [1.82, 2.24) is 5.01 Å². The highest BCUT2D eigenvalue weighted by Crippen LogP contribution is 2.41. The molecule has 132 valence electrons. The predicted octanol–water partition coefficient (Wildman–Crippen LogP) is 3.59. The molecule has 2 aliphatic heterocycles. The minimum Gasteiger partial charge on any atom is -0.508 e. The Hall–Kier alpha value is -2.04. The highest BCUT2D eigenvalue weighted by Gasteiger charge is 2.33. The molecular formula is C21H26N2O2. The molecule has 4 nitrogen and oxygen atoms in total. The quantitative estimate of drug-likeness (QED) is 0.840. The van der Waals surface area contributed by atoms with Crippen LogP contribution in [0.3, 0.4) is 0 Å². The highest BCUT2D eigenvalue weighted by atomic mass is 16.5. The number of aromatic hydroxyl groups is 1. The van der Waals surface area contributed by atoms with Crippen LogP contribution in [0.1, 0.15) is 42.5 Å². The van der Waals surface area contributed by atoms with Crippen molar-refractivity contribution in [3.8, 4) is 11.5 Å². The molecule has 1 saturated heterocycles. The van der Waals surface area contributed by atoms with Gasteiger partial charge in [0.15, 0.2) is 0 Å². The summed E-state index contributed by atoms with van der Waals surface area (Å²) >= 11 is 0. The Kier molecular flexibility index (Phi) is 4.40. The second-order valence-electron chi connectivity index (χ2n) is 7.43. The van der Waals surface area contributed by atoms with Gasteiger partial charge in [0.25, 0.3) is 0 Å². The highest BCUT2D eigenvalue weighted by molar-refractivity contribution is 5.49. The van der Waals surface area contributed by atoms with Crippen LogP contribution in [0.4, 0.5) is 0 Å². The third-order valence-corrected chi connectivity index (χ3v) is 5.47. The molecule has 0 aliphatic carbocycles. The van der Waals surface area contributed by atoms with Crippen molar-refractivity contribution >= 4 is 0 Å². The van der Waals surface area contributed by atoms with Crippen LogP contribution in [0, 0.1) is 5.92 Å². The van der Waals surface area contributed by atoms with Gasteiger partial charge in [-0.3, -0.25) is 5.84 Å². The van der Waals surface area contributed by atoms with E-state index in [4.69, 9.17) is 10.6 Å². The SMILES string of the molecule is CC1Cc2cc(O)cc(C[C@@H]3CCCN(N)[C@@H]3c3ccccc3)c2O1. The molecule has 25 heavy (non-hydrogen) atoms. The normalized spacial score (nSPS) is 26.2. The predicted molar refractivity (Wildman–Crippen MR) is 98.4 cm³/mol. The van der Waals surface area contributed by atoms with E-state index in [9.17, 15) is 5.11 Å². The van der Waals surface area contributed by atoms with Crippen molar-refractivity contribution in [2.75, 3.05) is 6.54 Å². The average Bonchev–Trinajstić information content (AvgIpc) is 2.96. The molecule has 0 aromatic heterocycles. The minimum absolute atomic E-state index is 0.179. The Morgan fingerprint density at radius 3 is 2.84 bits per heavy atom. The summed E-state index contributed by atoms with van der Waals surface area (Å²) in [4.78, 5) is 0. The van der Waals surface area contributed by atoms with Gasteiger partial charge in [0.2, 0.25) is 0 Å². The van der Waals surface area contributed by atoms with Crippen LogP contribution in [0.15, 0.2) is 42.5 Å². The summed E-state index contributed by atoms with van der Waals surface area (Å²) in [6.45, 7) is 3.00. The first-order chi connectivity index (χ1) is 12.1. The fourth-order valence-corrected chi connectivity index (χ4v) is 4.46. The number of nitrogens with two attached hydrogens (primary N) is 1. The van der Waals surface area contributed by atoms with Gasteiger partial charge in [-0.05, 0) is 55.4 Å². The van der Waals surface area contributed by atoms with Gasteiger partial charge in [-0.15, -0.1) is 0 Å². The molecule has 0 amide bonds. The van der Waals surface area contributed by atoms with Crippen molar-refractivity contribution < 1.29 is 9.84 Å². The lowest BCUT2D eigenvalue weighted by molar-refractivity contribution is 0.0920. The van der Waals surface area contributed by atoms with Crippen LogP contribution >= 0.6 is 0 Å². The van der Waals surface area contributed by atoms with Gasteiger partial charge >= 0.3 is 0 Å². The van der Waals surface area contributed by atoms with Crippen molar-refractivity contribution in [3.05, 3.63) is 59.2 Å². The van der Waals surface area contributed by atoms with Gasteiger partial charge in [0.1, 0.15) is 17.6 Å². The first-order valence-corrected chi connectivity index (χ1v) is 9.19. The van der Waals surface area contributed by atoms with Crippen molar-refractivity contribution in [2.45, 2.75) is 44.8 Å². The molecule has 0 saturated carbocycles. The van der Waals surface area contributed by atoms with Crippen LogP contribution in [-0.4, -0.2) is 22.8 Å². The standard InChI is InChI=1S/C21H26N2O2/c1-14-10-17-12-19(24)13-18(21(17)25-14)11-16-8-5-9-23(22)20(16)15-6-3-2-4-7-15/h2-4,6-7,12-14,16,20,24H,5,8-11,22H2,1H3/t14?,16-,20+/m0/s1. The lowest BCUT2D eigenvalue weighted by Gasteiger charge is -2.39. The Morgan fingerprint density at radius 1 is 1.24 bits per heavy atom. The number of phenolic OH excluding ortho intramolecular Hbond substituents is 1. The molecule has 0 radical (unpaired) electrons. The minimum atomic E-state index is 0.179. The summed E-state index contributed by atoms with van der Waals surface area (Å²) in [5.41, 5.74) is 3.50. The zero-order valence-corrected chi connectivity index (χ0v) is 14.7. The van der Waals surface area contributed by atoms with Crippen LogP contribution in [0.5, 0.6) is 11.5 Å². The molecule has 4 heteroatoms. The molecule has 0 spiro atoms. The lowest BCUT2D eigenvalue weighted by Crippen LogP contribution is -2.44. The number of phenols is 1. The third-order valence-electron chi connectivity index (χ3n) is 5.47. The van der Waals surface area contributed by atoms with Gasteiger partial charge in [0, 0.05) is 18.5 Å². The maximum absolute atomic E-state index is 10.1. The number of hydrazine groups is 1. The molecule has 1 unspecified atom stereocenters. The number of rotatable bonds is 3. The average molecular weight is 338 g/mol. The molecule has 2 heterocycles. The summed E-state index contributed by atoms with van der Waals surface area (Å²) in [5, 5.41) is 12.1. The van der Waals surface area contributed by atoms with Crippen LogP contribution in [0.2, 0.25) is 0 Å². The number of piperidine rings is 1. The second-order valence-corrected chi connectivity index (χ2v) is 7.43. The number of fused-ring (bicyclic) bond motifs is 1. The topological polar surface area (TPSA) is 58.7 Å². The van der Waals surface area contributed by atoms with E-state index < -0.39 is 0 Å². The molecule has 3 N–H and O–H groups in total. The Bertz CT molecular complexity index is 747. The lowest BCUT2D eigenvalue weighted by atomic mass is 9.81. The van der Waals surface area contributed by atoms with E-state index in [0.717, 1.165) is 49.1 Å². The zero-order chi connectivity index (χ0) is 17.4. The number of benzene rings is 2. The number of nitrogens with zero attached hydrogens (tertiary/aromatic N) is 1. The molecular weight excluding hydrogens is 312 g/mol. The smallest absolute Gasteiger partial charge is 0.126 e. The summed E-state index contributed by atoms with van der Waals surface area (Å²) in [6.07, 6.45) is 4.15. The first kappa shape index (κ1) is 16.4. The van der Waals surface area contributed by atoms with E-state index in [1.807, 2.05) is 23.2 Å². The van der Waals surface area contributed by atoms with E-state index in [2.05, 4.69) is 31.2 Å². The summed E-state index contributed by atoms with van der Waals surface area (Å²) in [6, 6.07) is 14.4. The Morgan fingerprint density at radius 2 is 2.04 bits per heavy atom. The molecule has 2 aliphatic rings. The fourth-order valence-electron chi connectivity index (χ4n) is 4.46. The Balaban J connectivity index is 1.65. The van der Waals surface area contributed by atoms with Crippen LogP contribution in [-0.2, 0) is 12.8 Å². The summed E-state index contributed by atoms with van der Waals surface area (Å²) in [7, 11) is 0. The third kappa shape index (κ3) is 3.24. The molecule has 3 atom stereocenters. The maximum atomic E-state index is 10.1. The molecule has 2 aromatic rings. The number of ether oxygens (including phenoxy) is 1. The van der Waals surface area contributed by atoms with Crippen molar-refractivity contribution in [3.63, 3.8) is 0 Å². The summed E-state index contributed by atoms with van der Waals surface area (Å²) in [5.74, 6) is 8.10. The molecule has 4 rings (SSSR count). The van der Waals surface area contributed by atoms with E-state index in [0.29, 0.717) is 11.7 Å².